The van der Waals surface area contributed by atoms with E-state index in [4.69, 9.17) is 4.99 Å². The lowest BCUT2D eigenvalue weighted by atomic mass is 9.96. The first kappa shape index (κ1) is 19.9. The Bertz CT molecular complexity index is 663. The summed E-state index contributed by atoms with van der Waals surface area (Å²) in [6.45, 7) is 3.15. The van der Waals surface area contributed by atoms with E-state index in [1.165, 1.54) is 28.2 Å². The molecule has 2 aromatic heterocycles. The molecule has 0 aliphatic carbocycles. The van der Waals surface area contributed by atoms with Crippen LogP contribution in [0.25, 0.3) is 6.08 Å². The Balaban J connectivity index is 0.00000132. The molecule has 0 aromatic carbocycles. The summed E-state index contributed by atoms with van der Waals surface area (Å²) in [6, 6.07) is 8.57. The zero-order valence-electron chi connectivity index (χ0n) is 13.2. The number of nitrogens with zero attached hydrogens (tertiary/aromatic N) is 2. The molecular weight excluding hydrogens is 347 g/mol. The number of hydrogen-bond donors (Lipinski definition) is 0. The molecule has 1 aliphatic heterocycles. The number of aromatic nitrogens is 1. The molecule has 1 aliphatic rings. The number of halogens is 2. The summed E-state index contributed by atoms with van der Waals surface area (Å²) in [5.41, 5.74) is 3.60. The lowest BCUT2D eigenvalue weighted by Gasteiger charge is -2.15. The van der Waals surface area contributed by atoms with Crippen molar-refractivity contribution in [2.75, 3.05) is 6.54 Å². The van der Waals surface area contributed by atoms with Gasteiger partial charge in [-0.15, -0.1) is 36.2 Å². The molecule has 5 heteroatoms. The molecule has 0 N–H and O–H groups in total. The van der Waals surface area contributed by atoms with Crippen LogP contribution < -0.4 is 0 Å². The molecule has 0 fully saturated rings. The Hall–Kier alpha value is -1.16. The lowest BCUT2D eigenvalue weighted by molar-refractivity contribution is 0.818. The van der Waals surface area contributed by atoms with E-state index in [0.29, 0.717) is 0 Å². The van der Waals surface area contributed by atoms with E-state index < -0.39 is 0 Å². The number of thiophene rings is 1. The Morgan fingerprint density at radius 2 is 2.09 bits per heavy atom. The van der Waals surface area contributed by atoms with E-state index in [9.17, 15) is 0 Å². The first-order chi connectivity index (χ1) is 10.4. The fourth-order valence-electron chi connectivity index (χ4n) is 2.62. The normalized spacial score (nSPS) is 15.5. The summed E-state index contributed by atoms with van der Waals surface area (Å²) in [7, 11) is 0. The third-order valence-corrected chi connectivity index (χ3v) is 4.70. The van der Waals surface area contributed by atoms with Crippen molar-refractivity contribution < 1.29 is 0 Å². The molecule has 3 heterocycles. The van der Waals surface area contributed by atoms with Gasteiger partial charge in [-0.25, -0.2) is 0 Å². The first-order valence-corrected chi connectivity index (χ1v) is 8.43. The third kappa shape index (κ3) is 5.17. The number of rotatable bonds is 4. The van der Waals surface area contributed by atoms with Gasteiger partial charge in [0.05, 0.1) is 5.71 Å². The van der Waals surface area contributed by atoms with E-state index in [1.54, 1.807) is 0 Å². The molecule has 0 saturated carbocycles. The van der Waals surface area contributed by atoms with Crippen LogP contribution >= 0.6 is 36.2 Å². The highest BCUT2D eigenvalue weighted by Crippen LogP contribution is 2.25. The standard InChI is InChI=1S/C18H20N2S.2ClH/c1-2-5-16-8-9-17(21-16)12-14-6-4-11-20-18(14)15-7-3-10-19-13-15;;/h3,7-10,12-13H,2,4-6,11H2,1H3;2*1H/b14-12+;;. The van der Waals surface area contributed by atoms with Gasteiger partial charge in [0.1, 0.15) is 0 Å². The van der Waals surface area contributed by atoms with Crippen molar-refractivity contribution in [1.29, 1.82) is 0 Å². The van der Waals surface area contributed by atoms with Gasteiger partial charge >= 0.3 is 0 Å². The highest BCUT2D eigenvalue weighted by Gasteiger charge is 2.14. The molecule has 0 bridgehead atoms. The molecule has 124 valence electrons. The molecule has 0 saturated heterocycles. The number of hydrogen-bond acceptors (Lipinski definition) is 3. The van der Waals surface area contributed by atoms with Crippen molar-refractivity contribution in [3.05, 3.63) is 57.6 Å². The highest BCUT2D eigenvalue weighted by molar-refractivity contribution is 7.12. The van der Waals surface area contributed by atoms with Crippen molar-refractivity contribution in [3.8, 4) is 0 Å². The molecule has 0 radical (unpaired) electrons. The molecule has 2 aromatic rings. The van der Waals surface area contributed by atoms with Gasteiger partial charge < -0.3 is 0 Å². The molecule has 0 spiro atoms. The van der Waals surface area contributed by atoms with Crippen molar-refractivity contribution in [2.24, 2.45) is 4.99 Å². The number of aryl methyl sites for hydroxylation is 1. The monoisotopic (exact) mass is 368 g/mol. The summed E-state index contributed by atoms with van der Waals surface area (Å²) in [6.07, 6.45) is 10.7. The van der Waals surface area contributed by atoms with E-state index in [-0.39, 0.29) is 24.8 Å². The van der Waals surface area contributed by atoms with Crippen LogP contribution in [0.15, 0.2) is 47.2 Å². The zero-order valence-corrected chi connectivity index (χ0v) is 15.6. The van der Waals surface area contributed by atoms with Gasteiger partial charge in [0.25, 0.3) is 0 Å². The van der Waals surface area contributed by atoms with Crippen LogP contribution in [0.1, 0.15) is 41.5 Å². The minimum atomic E-state index is 0. The maximum Gasteiger partial charge on any atom is 0.0694 e. The van der Waals surface area contributed by atoms with Crippen molar-refractivity contribution in [3.63, 3.8) is 0 Å². The maximum absolute atomic E-state index is 4.73. The van der Waals surface area contributed by atoms with Crippen LogP contribution in [0.4, 0.5) is 0 Å². The van der Waals surface area contributed by atoms with Gasteiger partial charge in [0, 0.05) is 34.3 Å². The quantitative estimate of drug-likeness (QED) is 0.688. The number of pyridine rings is 1. The Labute approximate surface area is 154 Å². The second-order valence-electron chi connectivity index (χ2n) is 5.30. The van der Waals surface area contributed by atoms with Gasteiger partial charge in [0.2, 0.25) is 0 Å². The molecule has 0 amide bonds. The maximum atomic E-state index is 4.73. The van der Waals surface area contributed by atoms with E-state index in [0.717, 1.165) is 30.7 Å². The third-order valence-electron chi connectivity index (χ3n) is 3.61. The van der Waals surface area contributed by atoms with Crippen LogP contribution in [0.3, 0.4) is 0 Å². The summed E-state index contributed by atoms with van der Waals surface area (Å²) in [4.78, 5) is 11.8. The average Bonchev–Trinajstić information content (AvgIpc) is 2.96. The molecule has 2 nitrogen and oxygen atoms in total. The molecule has 23 heavy (non-hydrogen) atoms. The Kier molecular flexibility index (Phi) is 8.53. The first-order valence-electron chi connectivity index (χ1n) is 7.61. The zero-order chi connectivity index (χ0) is 14.5. The Morgan fingerprint density at radius 3 is 2.83 bits per heavy atom. The minimum absolute atomic E-state index is 0. The Morgan fingerprint density at radius 1 is 1.22 bits per heavy atom. The molecule has 3 rings (SSSR count). The minimum Gasteiger partial charge on any atom is -0.284 e. The fraction of sp³-hybridized carbons (Fsp3) is 0.333. The number of aliphatic imine (C=N–C) groups is 1. The largest absolute Gasteiger partial charge is 0.284 e. The topological polar surface area (TPSA) is 25.2 Å². The van der Waals surface area contributed by atoms with Crippen molar-refractivity contribution in [2.45, 2.75) is 32.6 Å². The SMILES string of the molecule is CCCc1ccc(/C=C2\CCCN=C2c2cccnc2)s1.Cl.Cl. The van der Waals surface area contributed by atoms with E-state index in [2.05, 4.69) is 36.2 Å². The molecule has 0 unspecified atom stereocenters. The van der Waals surface area contributed by atoms with Crippen LogP contribution in [-0.4, -0.2) is 17.2 Å². The van der Waals surface area contributed by atoms with Gasteiger partial charge in [-0.3, -0.25) is 9.98 Å². The predicted molar refractivity (Wildman–Crippen MR) is 106 cm³/mol. The summed E-state index contributed by atoms with van der Waals surface area (Å²) in [5.74, 6) is 0. The molecular formula is C18H22Cl2N2S. The van der Waals surface area contributed by atoms with Crippen molar-refractivity contribution in [1.82, 2.24) is 4.98 Å². The summed E-state index contributed by atoms with van der Waals surface area (Å²) in [5, 5.41) is 0. The van der Waals surface area contributed by atoms with Gasteiger partial charge in [-0.2, -0.15) is 0 Å². The highest BCUT2D eigenvalue weighted by atomic mass is 35.5. The van der Waals surface area contributed by atoms with Crippen LogP contribution in [0, 0.1) is 0 Å². The van der Waals surface area contributed by atoms with E-state index in [1.807, 2.05) is 29.8 Å². The fourth-order valence-corrected chi connectivity index (χ4v) is 3.71. The van der Waals surface area contributed by atoms with Crippen LogP contribution in [0.2, 0.25) is 0 Å². The van der Waals surface area contributed by atoms with Crippen LogP contribution in [-0.2, 0) is 6.42 Å². The van der Waals surface area contributed by atoms with Crippen molar-refractivity contribution >= 4 is 47.9 Å². The van der Waals surface area contributed by atoms with Crippen LogP contribution in [0.5, 0.6) is 0 Å². The van der Waals surface area contributed by atoms with E-state index >= 15 is 0 Å². The summed E-state index contributed by atoms with van der Waals surface area (Å²) >= 11 is 1.90. The molecule has 0 atom stereocenters. The lowest BCUT2D eigenvalue weighted by Crippen LogP contribution is -2.11. The number of allylic oxidation sites excluding steroid dienone is 1. The van der Waals surface area contributed by atoms with Gasteiger partial charge in [-0.05, 0) is 55.2 Å². The average molecular weight is 369 g/mol. The van der Waals surface area contributed by atoms with Gasteiger partial charge in [-0.1, -0.05) is 13.3 Å². The summed E-state index contributed by atoms with van der Waals surface area (Å²) < 4.78 is 0. The smallest absolute Gasteiger partial charge is 0.0694 e. The predicted octanol–water partition coefficient (Wildman–Crippen LogP) is 5.61. The second kappa shape index (κ2) is 9.86. The second-order valence-corrected chi connectivity index (χ2v) is 6.50. The van der Waals surface area contributed by atoms with Gasteiger partial charge in [0.15, 0.2) is 0 Å².